The molecule has 1 aromatic carbocycles. The second-order valence-corrected chi connectivity index (χ2v) is 6.60. The van der Waals surface area contributed by atoms with Crippen LogP contribution in [0.15, 0.2) is 24.3 Å². The van der Waals surface area contributed by atoms with E-state index in [0.29, 0.717) is 24.8 Å². The summed E-state index contributed by atoms with van der Waals surface area (Å²) in [6, 6.07) is 7.08. The molecule has 1 aromatic rings. The Morgan fingerprint density at radius 3 is 2.33 bits per heavy atom. The number of rotatable bonds is 8. The van der Waals surface area contributed by atoms with Gasteiger partial charge in [-0.2, -0.15) is 0 Å². The minimum atomic E-state index is -0.832. The molecule has 0 spiro atoms. The van der Waals surface area contributed by atoms with Crippen LogP contribution in [0.5, 0.6) is 0 Å². The fourth-order valence-electron chi connectivity index (χ4n) is 3.29. The first-order valence-corrected chi connectivity index (χ1v) is 8.90. The van der Waals surface area contributed by atoms with Gasteiger partial charge in [0.15, 0.2) is 0 Å². The van der Waals surface area contributed by atoms with E-state index < -0.39 is 5.60 Å². The summed E-state index contributed by atoms with van der Waals surface area (Å²) >= 11 is 0. The number of hydrogen-bond acceptors (Lipinski definition) is 3. The standard InChI is InChI=1S/C19H28N2O3/c1-3-11-19(24,12-4-2)14-20-18(23)15-7-9-16(10-8-15)21-13-5-6-17(21)22/h7-10,24H,3-6,11-14H2,1-2H3,(H,20,23). The second kappa shape index (κ2) is 8.29. The summed E-state index contributed by atoms with van der Waals surface area (Å²) in [4.78, 5) is 25.8. The van der Waals surface area contributed by atoms with Gasteiger partial charge in [0.25, 0.3) is 5.91 Å². The Hall–Kier alpha value is -1.88. The van der Waals surface area contributed by atoms with Crippen LogP contribution in [-0.2, 0) is 4.79 Å². The fourth-order valence-corrected chi connectivity index (χ4v) is 3.29. The fraction of sp³-hybridized carbons (Fsp3) is 0.579. The van der Waals surface area contributed by atoms with Gasteiger partial charge in [-0.05, 0) is 43.5 Å². The van der Waals surface area contributed by atoms with Gasteiger partial charge in [0.2, 0.25) is 5.91 Å². The third-order valence-corrected chi connectivity index (χ3v) is 4.52. The summed E-state index contributed by atoms with van der Waals surface area (Å²) < 4.78 is 0. The van der Waals surface area contributed by atoms with Crippen LogP contribution in [0, 0.1) is 0 Å². The lowest BCUT2D eigenvalue weighted by molar-refractivity contribution is -0.117. The van der Waals surface area contributed by atoms with Crippen LogP contribution in [-0.4, -0.2) is 35.6 Å². The normalized spacial score (nSPS) is 15.0. The van der Waals surface area contributed by atoms with Crippen molar-refractivity contribution < 1.29 is 14.7 Å². The first-order chi connectivity index (χ1) is 11.5. The van der Waals surface area contributed by atoms with Crippen molar-refractivity contribution in [2.75, 3.05) is 18.0 Å². The number of aliphatic hydroxyl groups is 1. The minimum absolute atomic E-state index is 0.136. The molecule has 132 valence electrons. The second-order valence-electron chi connectivity index (χ2n) is 6.60. The molecular weight excluding hydrogens is 304 g/mol. The molecule has 1 aliphatic rings. The number of nitrogens with one attached hydrogen (secondary N) is 1. The topological polar surface area (TPSA) is 69.6 Å². The Morgan fingerprint density at radius 1 is 1.21 bits per heavy atom. The highest BCUT2D eigenvalue weighted by Gasteiger charge is 2.26. The Kier molecular flexibility index (Phi) is 6.37. The van der Waals surface area contributed by atoms with Crippen molar-refractivity contribution in [2.24, 2.45) is 0 Å². The predicted molar refractivity (Wildman–Crippen MR) is 95.1 cm³/mol. The van der Waals surface area contributed by atoms with Gasteiger partial charge in [-0.15, -0.1) is 0 Å². The van der Waals surface area contributed by atoms with E-state index >= 15 is 0 Å². The van der Waals surface area contributed by atoms with Crippen LogP contribution in [0.4, 0.5) is 5.69 Å². The number of hydrogen-bond donors (Lipinski definition) is 2. The largest absolute Gasteiger partial charge is 0.388 e. The van der Waals surface area contributed by atoms with E-state index in [0.717, 1.165) is 31.5 Å². The minimum Gasteiger partial charge on any atom is -0.388 e. The van der Waals surface area contributed by atoms with Crippen molar-refractivity contribution >= 4 is 17.5 Å². The molecule has 1 saturated heterocycles. The molecule has 0 unspecified atom stereocenters. The van der Waals surface area contributed by atoms with E-state index in [4.69, 9.17) is 0 Å². The number of carbonyl (C=O) groups excluding carboxylic acids is 2. The molecule has 5 nitrogen and oxygen atoms in total. The van der Waals surface area contributed by atoms with Gasteiger partial charge in [0.05, 0.1) is 5.60 Å². The van der Waals surface area contributed by atoms with Crippen molar-refractivity contribution in [3.05, 3.63) is 29.8 Å². The Bertz CT molecular complexity index is 562. The lowest BCUT2D eigenvalue weighted by Gasteiger charge is -2.27. The van der Waals surface area contributed by atoms with E-state index in [-0.39, 0.29) is 18.4 Å². The third-order valence-electron chi connectivity index (χ3n) is 4.52. The molecule has 2 amide bonds. The zero-order chi connectivity index (χ0) is 17.6. The van der Waals surface area contributed by atoms with Gasteiger partial charge < -0.3 is 15.3 Å². The molecule has 5 heteroatoms. The van der Waals surface area contributed by atoms with Gasteiger partial charge in [-0.25, -0.2) is 0 Å². The summed E-state index contributed by atoms with van der Waals surface area (Å²) in [6.07, 6.45) is 4.59. The summed E-state index contributed by atoms with van der Waals surface area (Å²) in [5.41, 5.74) is 0.546. The Morgan fingerprint density at radius 2 is 1.83 bits per heavy atom. The summed E-state index contributed by atoms with van der Waals surface area (Å²) in [7, 11) is 0. The molecule has 0 aromatic heterocycles. The first kappa shape index (κ1) is 18.5. The monoisotopic (exact) mass is 332 g/mol. The molecule has 1 aliphatic heterocycles. The lowest BCUT2D eigenvalue weighted by Crippen LogP contribution is -2.42. The Labute approximate surface area is 144 Å². The van der Waals surface area contributed by atoms with Crippen molar-refractivity contribution in [1.82, 2.24) is 5.32 Å². The summed E-state index contributed by atoms with van der Waals surface area (Å²) in [5, 5.41) is 13.4. The van der Waals surface area contributed by atoms with E-state index in [1.807, 2.05) is 26.0 Å². The molecule has 24 heavy (non-hydrogen) atoms. The highest BCUT2D eigenvalue weighted by molar-refractivity contribution is 5.97. The van der Waals surface area contributed by atoms with Crippen molar-refractivity contribution in [2.45, 2.75) is 58.0 Å². The average molecular weight is 332 g/mol. The van der Waals surface area contributed by atoms with Crippen LogP contribution in [0.25, 0.3) is 0 Å². The maximum Gasteiger partial charge on any atom is 0.251 e. The van der Waals surface area contributed by atoms with E-state index in [1.54, 1.807) is 17.0 Å². The highest BCUT2D eigenvalue weighted by Crippen LogP contribution is 2.22. The van der Waals surface area contributed by atoms with Gasteiger partial charge in [0.1, 0.15) is 0 Å². The molecule has 0 atom stereocenters. The van der Waals surface area contributed by atoms with Crippen molar-refractivity contribution in [3.63, 3.8) is 0 Å². The molecule has 0 saturated carbocycles. The molecule has 2 N–H and O–H groups in total. The predicted octanol–water partition coefficient (Wildman–Crippen LogP) is 2.87. The molecule has 0 bridgehead atoms. The van der Waals surface area contributed by atoms with Gasteiger partial charge in [-0.1, -0.05) is 26.7 Å². The number of nitrogens with zero attached hydrogens (tertiary/aromatic N) is 1. The highest BCUT2D eigenvalue weighted by atomic mass is 16.3. The molecule has 1 fully saturated rings. The number of amides is 2. The van der Waals surface area contributed by atoms with E-state index in [9.17, 15) is 14.7 Å². The maximum absolute atomic E-state index is 12.3. The van der Waals surface area contributed by atoms with Crippen molar-refractivity contribution in [1.29, 1.82) is 0 Å². The van der Waals surface area contributed by atoms with Gasteiger partial charge >= 0.3 is 0 Å². The summed E-state index contributed by atoms with van der Waals surface area (Å²) in [5.74, 6) is -0.0590. The van der Waals surface area contributed by atoms with Crippen LogP contribution in [0.3, 0.4) is 0 Å². The maximum atomic E-state index is 12.3. The first-order valence-electron chi connectivity index (χ1n) is 8.90. The molecule has 0 radical (unpaired) electrons. The van der Waals surface area contributed by atoms with Crippen LogP contribution in [0.1, 0.15) is 62.7 Å². The average Bonchev–Trinajstić information content (AvgIpc) is 2.99. The summed E-state index contributed by atoms with van der Waals surface area (Å²) in [6.45, 7) is 5.06. The lowest BCUT2D eigenvalue weighted by atomic mass is 9.92. The van der Waals surface area contributed by atoms with Crippen LogP contribution >= 0.6 is 0 Å². The molecular formula is C19H28N2O3. The molecule has 0 aliphatic carbocycles. The molecule has 1 heterocycles. The van der Waals surface area contributed by atoms with Crippen LogP contribution in [0.2, 0.25) is 0 Å². The van der Waals surface area contributed by atoms with E-state index in [1.165, 1.54) is 0 Å². The van der Waals surface area contributed by atoms with Gasteiger partial charge in [0, 0.05) is 30.8 Å². The molecule has 2 rings (SSSR count). The smallest absolute Gasteiger partial charge is 0.251 e. The number of benzene rings is 1. The quantitative estimate of drug-likeness (QED) is 0.769. The zero-order valence-electron chi connectivity index (χ0n) is 14.7. The Balaban J connectivity index is 1.96. The zero-order valence-corrected chi connectivity index (χ0v) is 14.7. The number of carbonyl (C=O) groups is 2. The van der Waals surface area contributed by atoms with Gasteiger partial charge in [-0.3, -0.25) is 9.59 Å². The van der Waals surface area contributed by atoms with E-state index in [2.05, 4.69) is 5.32 Å². The van der Waals surface area contributed by atoms with Crippen molar-refractivity contribution in [3.8, 4) is 0 Å². The third kappa shape index (κ3) is 4.57. The van der Waals surface area contributed by atoms with Crippen LogP contribution < -0.4 is 10.2 Å². The number of anilines is 1. The SMILES string of the molecule is CCCC(O)(CCC)CNC(=O)c1ccc(N2CCCC2=O)cc1.